The lowest BCUT2D eigenvalue weighted by atomic mass is 10.1. The summed E-state index contributed by atoms with van der Waals surface area (Å²) in [6, 6.07) is 7.42. The van der Waals surface area contributed by atoms with Crippen molar-refractivity contribution in [1.82, 2.24) is 4.98 Å². The summed E-state index contributed by atoms with van der Waals surface area (Å²) in [6.45, 7) is 4.38. The summed E-state index contributed by atoms with van der Waals surface area (Å²) in [7, 11) is 1.48. The van der Waals surface area contributed by atoms with Crippen LogP contribution in [0.15, 0.2) is 24.3 Å². The molecule has 1 aromatic carbocycles. The number of hydrogen-bond donors (Lipinski definition) is 0. The topological polar surface area (TPSA) is 58.3 Å². The molecule has 0 unspecified atom stereocenters. The van der Waals surface area contributed by atoms with Gasteiger partial charge in [0.05, 0.1) is 11.5 Å². The molecule has 7 heteroatoms. The van der Waals surface area contributed by atoms with Crippen LogP contribution >= 0.6 is 34.2 Å². The van der Waals surface area contributed by atoms with Gasteiger partial charge in [0.15, 0.2) is 5.69 Å². The van der Waals surface area contributed by atoms with E-state index < -0.39 is 0 Å². The summed E-state index contributed by atoms with van der Waals surface area (Å²) in [6.07, 6.45) is 0.555. The van der Waals surface area contributed by atoms with Gasteiger partial charge < -0.3 is 14.7 Å². The molecular formula is C17H20ClIN2O3. The van der Waals surface area contributed by atoms with Crippen molar-refractivity contribution in [3.05, 3.63) is 51.4 Å². The molecule has 2 aromatic rings. The second kappa shape index (κ2) is 8.71. The van der Waals surface area contributed by atoms with Gasteiger partial charge in [0.2, 0.25) is 0 Å². The number of benzene rings is 1. The highest BCUT2D eigenvalue weighted by atomic mass is 127. The minimum absolute atomic E-state index is 0.232. The van der Waals surface area contributed by atoms with Gasteiger partial charge in [0.1, 0.15) is 6.61 Å². The Morgan fingerprint density at radius 3 is 2.71 bits per heavy atom. The molecule has 0 bridgehead atoms. The Hall–Kier alpha value is -1.28. The zero-order valence-electron chi connectivity index (χ0n) is 13.9. The summed E-state index contributed by atoms with van der Waals surface area (Å²) in [4.78, 5) is 4.50. The lowest BCUT2D eigenvalue weighted by Gasteiger charge is -2.15. The average Bonchev–Trinajstić information content (AvgIpc) is 2.54. The minimum Gasteiger partial charge on any atom is -0.616 e. The van der Waals surface area contributed by atoms with E-state index in [1.165, 1.54) is 7.11 Å². The molecule has 24 heavy (non-hydrogen) atoms. The summed E-state index contributed by atoms with van der Waals surface area (Å²) in [5.74, 6) is 0.872. The molecule has 0 saturated heterocycles. The Bertz CT molecular complexity index is 710. The summed E-state index contributed by atoms with van der Waals surface area (Å²) in [5, 5.41) is 13.3. The zero-order valence-corrected chi connectivity index (χ0v) is 16.8. The van der Waals surface area contributed by atoms with Crippen LogP contribution in [0.1, 0.15) is 30.8 Å². The van der Waals surface area contributed by atoms with E-state index in [-0.39, 0.29) is 11.8 Å². The van der Waals surface area contributed by atoms with E-state index in [0.717, 1.165) is 10.3 Å². The maximum atomic E-state index is 12.6. The van der Waals surface area contributed by atoms with Crippen molar-refractivity contribution in [3.8, 4) is 11.8 Å². The molecule has 0 fully saturated rings. The third-order valence-corrected chi connectivity index (χ3v) is 4.30. The minimum atomic E-state index is 0.232. The van der Waals surface area contributed by atoms with Crippen molar-refractivity contribution in [2.24, 2.45) is 5.92 Å². The molecule has 0 aliphatic heterocycles. The average molecular weight is 463 g/mol. The number of rotatable bonds is 7. The van der Waals surface area contributed by atoms with Gasteiger partial charge in [-0.05, 0) is 23.6 Å². The molecule has 2 rings (SSSR count). The second-order valence-electron chi connectivity index (χ2n) is 5.76. The Morgan fingerprint density at radius 2 is 2.12 bits per heavy atom. The monoisotopic (exact) mass is 462 g/mol. The second-order valence-corrected chi connectivity index (χ2v) is 6.96. The highest BCUT2D eigenvalue weighted by Gasteiger charge is 2.26. The number of nitrogens with zero attached hydrogens (tertiary/aromatic N) is 2. The van der Waals surface area contributed by atoms with Crippen LogP contribution in [0.2, 0.25) is 5.02 Å². The van der Waals surface area contributed by atoms with E-state index in [1.807, 2.05) is 32.0 Å². The molecule has 0 spiro atoms. The standard InChI is InChI=1S/C17H20ClIN2O3/c1-11(2)7-15-16(20-14(9-19)17(23-3)21(15)22)24-10-12-5-4-6-13(18)8-12/h4-6,8,11H,7,9-10H2,1-3H3. The van der Waals surface area contributed by atoms with Crippen molar-refractivity contribution in [2.75, 3.05) is 7.11 Å². The quantitative estimate of drug-likeness (QED) is 0.269. The van der Waals surface area contributed by atoms with Gasteiger partial charge in [-0.2, -0.15) is 0 Å². The highest BCUT2D eigenvalue weighted by Crippen LogP contribution is 2.24. The zero-order chi connectivity index (χ0) is 17.7. The van der Waals surface area contributed by atoms with E-state index in [2.05, 4.69) is 27.6 Å². The number of halogens is 2. The van der Waals surface area contributed by atoms with E-state index in [1.54, 1.807) is 6.07 Å². The lowest BCUT2D eigenvalue weighted by Crippen LogP contribution is -2.37. The maximum Gasteiger partial charge on any atom is 0.402 e. The predicted molar refractivity (Wildman–Crippen MR) is 102 cm³/mol. The molecule has 0 aliphatic carbocycles. The van der Waals surface area contributed by atoms with Crippen LogP contribution < -0.4 is 14.2 Å². The third-order valence-electron chi connectivity index (χ3n) is 3.35. The van der Waals surface area contributed by atoms with Gasteiger partial charge in [0, 0.05) is 11.4 Å². The molecule has 0 amide bonds. The number of hydrogen-bond acceptors (Lipinski definition) is 4. The number of aromatic nitrogens is 2. The maximum absolute atomic E-state index is 12.6. The SMILES string of the molecule is COc1c(CI)nc(OCc2cccc(Cl)c2)c(CC(C)C)[n+]1[O-]. The van der Waals surface area contributed by atoms with Crippen LogP contribution in [0, 0.1) is 11.1 Å². The van der Waals surface area contributed by atoms with Gasteiger partial charge in [-0.15, -0.1) is 4.73 Å². The molecule has 1 aromatic heterocycles. The van der Waals surface area contributed by atoms with Crippen LogP contribution in [0.5, 0.6) is 11.8 Å². The fraction of sp³-hybridized carbons (Fsp3) is 0.412. The van der Waals surface area contributed by atoms with Crippen molar-refractivity contribution in [3.63, 3.8) is 0 Å². The molecule has 1 heterocycles. The van der Waals surface area contributed by atoms with Crippen LogP contribution in [-0.4, -0.2) is 12.1 Å². The Labute approximate surface area is 160 Å². The van der Waals surface area contributed by atoms with Crippen molar-refractivity contribution in [2.45, 2.75) is 31.3 Å². The van der Waals surface area contributed by atoms with E-state index >= 15 is 0 Å². The highest BCUT2D eigenvalue weighted by molar-refractivity contribution is 14.1. The molecule has 0 radical (unpaired) electrons. The predicted octanol–water partition coefficient (Wildman–Crippen LogP) is 4.09. The molecule has 0 atom stereocenters. The summed E-state index contributed by atoms with van der Waals surface area (Å²) >= 11 is 8.15. The van der Waals surface area contributed by atoms with E-state index in [4.69, 9.17) is 21.1 Å². The third kappa shape index (κ3) is 4.63. The Morgan fingerprint density at radius 1 is 1.38 bits per heavy atom. The van der Waals surface area contributed by atoms with Gasteiger partial charge in [-0.25, -0.2) is 4.98 Å². The van der Waals surface area contributed by atoms with E-state index in [9.17, 15) is 5.21 Å². The first-order valence-corrected chi connectivity index (χ1v) is 9.49. The first-order valence-electron chi connectivity index (χ1n) is 7.58. The summed E-state index contributed by atoms with van der Waals surface area (Å²) < 4.78 is 12.4. The first kappa shape index (κ1) is 19.1. The van der Waals surface area contributed by atoms with Crippen molar-refractivity contribution < 1.29 is 14.2 Å². The number of ether oxygens (including phenoxy) is 2. The fourth-order valence-electron chi connectivity index (χ4n) is 2.30. The fourth-order valence-corrected chi connectivity index (χ4v) is 3.01. The molecule has 5 nitrogen and oxygen atoms in total. The van der Waals surface area contributed by atoms with Gasteiger partial charge in [-0.3, -0.25) is 0 Å². The molecule has 130 valence electrons. The van der Waals surface area contributed by atoms with Crippen LogP contribution in [-0.2, 0) is 17.5 Å². The first-order chi connectivity index (χ1) is 11.5. The molecule has 0 N–H and O–H groups in total. The lowest BCUT2D eigenvalue weighted by molar-refractivity contribution is -0.622. The number of alkyl halides is 1. The van der Waals surface area contributed by atoms with Crippen molar-refractivity contribution in [1.29, 1.82) is 0 Å². The van der Waals surface area contributed by atoms with Crippen LogP contribution in [0.3, 0.4) is 0 Å². The largest absolute Gasteiger partial charge is 0.616 e. The molecule has 0 aliphatic rings. The van der Waals surface area contributed by atoms with Crippen molar-refractivity contribution >= 4 is 34.2 Å². The molecule has 0 saturated carbocycles. The van der Waals surface area contributed by atoms with Crippen LogP contribution in [0.4, 0.5) is 0 Å². The smallest absolute Gasteiger partial charge is 0.402 e. The van der Waals surface area contributed by atoms with Gasteiger partial charge in [0.25, 0.3) is 11.6 Å². The van der Waals surface area contributed by atoms with Gasteiger partial charge >= 0.3 is 5.88 Å². The van der Waals surface area contributed by atoms with Crippen LogP contribution in [0.25, 0.3) is 0 Å². The normalized spacial score (nSPS) is 10.9. The Kier molecular flexibility index (Phi) is 6.91. The van der Waals surface area contributed by atoms with Gasteiger partial charge in [-0.1, -0.05) is 60.2 Å². The molecular weight excluding hydrogens is 443 g/mol. The Balaban J connectivity index is 2.37. The summed E-state index contributed by atoms with van der Waals surface area (Å²) in [5.41, 5.74) is 1.98. The number of methoxy groups -OCH3 is 1. The van der Waals surface area contributed by atoms with E-state index in [0.29, 0.717) is 39.7 Å².